The molecule has 0 N–H and O–H groups in total. The Labute approximate surface area is 131 Å². The van der Waals surface area contributed by atoms with Gasteiger partial charge in [0.05, 0.1) is 12.7 Å². The number of rotatable bonds is 5. The average molecular weight is 320 g/mol. The minimum Gasteiger partial charge on any atom is -0.468 e. The van der Waals surface area contributed by atoms with Crippen molar-refractivity contribution in [1.82, 2.24) is 9.88 Å². The van der Waals surface area contributed by atoms with Gasteiger partial charge < -0.3 is 9.64 Å². The molecule has 0 unspecified atom stereocenters. The smallest absolute Gasteiger partial charge is 0.325 e. The van der Waals surface area contributed by atoms with E-state index in [2.05, 4.69) is 9.72 Å². The molecule has 0 saturated heterocycles. The highest BCUT2D eigenvalue weighted by atomic mass is 19.2. The fourth-order valence-corrected chi connectivity index (χ4v) is 1.95. The Kier molecular flexibility index (Phi) is 5.35. The zero-order valence-electron chi connectivity index (χ0n) is 12.3. The SMILES string of the molecule is COC(=O)CN(Cc1ccc(F)c(F)c1)C(=O)c1cccnc1. The number of benzene rings is 1. The first kappa shape index (κ1) is 16.5. The van der Waals surface area contributed by atoms with Crippen LogP contribution in [-0.2, 0) is 16.1 Å². The van der Waals surface area contributed by atoms with Gasteiger partial charge in [-0.05, 0) is 29.8 Å². The summed E-state index contributed by atoms with van der Waals surface area (Å²) < 4.78 is 30.9. The Bertz CT molecular complexity index is 708. The van der Waals surface area contributed by atoms with Gasteiger partial charge in [-0.25, -0.2) is 8.78 Å². The Balaban J connectivity index is 2.24. The summed E-state index contributed by atoms with van der Waals surface area (Å²) in [6.07, 6.45) is 2.87. The van der Waals surface area contributed by atoms with Crippen molar-refractivity contribution in [1.29, 1.82) is 0 Å². The lowest BCUT2D eigenvalue weighted by Crippen LogP contribution is -2.35. The maximum absolute atomic E-state index is 13.3. The third-order valence-corrected chi connectivity index (χ3v) is 3.10. The van der Waals surface area contributed by atoms with E-state index < -0.39 is 23.5 Å². The second kappa shape index (κ2) is 7.44. The highest BCUT2D eigenvalue weighted by Crippen LogP contribution is 2.13. The van der Waals surface area contributed by atoms with Crippen molar-refractivity contribution in [2.75, 3.05) is 13.7 Å². The van der Waals surface area contributed by atoms with E-state index in [0.717, 1.165) is 12.1 Å². The third-order valence-electron chi connectivity index (χ3n) is 3.10. The van der Waals surface area contributed by atoms with Gasteiger partial charge >= 0.3 is 5.97 Å². The monoisotopic (exact) mass is 320 g/mol. The Morgan fingerprint density at radius 2 is 2.00 bits per heavy atom. The lowest BCUT2D eigenvalue weighted by atomic mass is 10.1. The van der Waals surface area contributed by atoms with E-state index >= 15 is 0 Å². The van der Waals surface area contributed by atoms with E-state index in [1.165, 1.54) is 30.5 Å². The van der Waals surface area contributed by atoms with Crippen molar-refractivity contribution in [3.63, 3.8) is 0 Å². The fraction of sp³-hybridized carbons (Fsp3) is 0.188. The summed E-state index contributed by atoms with van der Waals surface area (Å²) in [4.78, 5) is 29.0. The zero-order chi connectivity index (χ0) is 16.8. The molecule has 120 valence electrons. The van der Waals surface area contributed by atoms with Crippen LogP contribution in [0, 0.1) is 11.6 Å². The van der Waals surface area contributed by atoms with Crippen LogP contribution in [0.2, 0.25) is 0 Å². The molecule has 2 aromatic rings. The molecule has 0 aliphatic heterocycles. The highest BCUT2D eigenvalue weighted by molar-refractivity contribution is 5.95. The van der Waals surface area contributed by atoms with Gasteiger partial charge in [-0.2, -0.15) is 0 Å². The lowest BCUT2D eigenvalue weighted by Gasteiger charge is -2.21. The van der Waals surface area contributed by atoms with Gasteiger partial charge in [0.2, 0.25) is 0 Å². The van der Waals surface area contributed by atoms with Crippen LogP contribution in [0.25, 0.3) is 0 Å². The van der Waals surface area contributed by atoms with Crippen LogP contribution in [0.4, 0.5) is 8.78 Å². The van der Waals surface area contributed by atoms with Gasteiger partial charge in [-0.1, -0.05) is 6.07 Å². The number of pyridine rings is 1. The molecule has 0 spiro atoms. The lowest BCUT2D eigenvalue weighted by molar-refractivity contribution is -0.141. The molecule has 0 bridgehead atoms. The number of hydrogen-bond donors (Lipinski definition) is 0. The molecule has 5 nitrogen and oxygen atoms in total. The molecular weight excluding hydrogens is 306 g/mol. The summed E-state index contributed by atoms with van der Waals surface area (Å²) in [5.41, 5.74) is 0.629. The molecular formula is C16H14F2N2O3. The molecule has 1 amide bonds. The molecule has 2 rings (SSSR count). The Hall–Kier alpha value is -2.83. The first-order valence-corrected chi connectivity index (χ1v) is 6.71. The van der Waals surface area contributed by atoms with Crippen molar-refractivity contribution in [3.8, 4) is 0 Å². The number of ether oxygens (including phenoxy) is 1. The largest absolute Gasteiger partial charge is 0.468 e. The van der Waals surface area contributed by atoms with Gasteiger partial charge in [0.15, 0.2) is 11.6 Å². The van der Waals surface area contributed by atoms with Crippen molar-refractivity contribution in [3.05, 3.63) is 65.5 Å². The molecule has 0 atom stereocenters. The molecule has 0 aliphatic carbocycles. The second-order valence-electron chi connectivity index (χ2n) is 4.73. The summed E-state index contributed by atoms with van der Waals surface area (Å²) in [6.45, 7) is -0.386. The van der Waals surface area contributed by atoms with E-state index in [-0.39, 0.29) is 18.7 Å². The van der Waals surface area contributed by atoms with Gasteiger partial charge in [-0.15, -0.1) is 0 Å². The average Bonchev–Trinajstić information content (AvgIpc) is 2.57. The first-order chi connectivity index (χ1) is 11.0. The molecule has 0 fully saturated rings. The van der Waals surface area contributed by atoms with Crippen molar-refractivity contribution >= 4 is 11.9 Å². The Morgan fingerprint density at radius 1 is 1.22 bits per heavy atom. The molecule has 0 saturated carbocycles. The minimum absolute atomic E-state index is 0.0694. The third kappa shape index (κ3) is 4.32. The summed E-state index contributed by atoms with van der Waals surface area (Å²) in [5.74, 6) is -3.08. The fourth-order valence-electron chi connectivity index (χ4n) is 1.95. The number of carbonyl (C=O) groups excluding carboxylic acids is 2. The number of methoxy groups -OCH3 is 1. The van der Waals surface area contributed by atoms with E-state index in [0.29, 0.717) is 5.56 Å². The van der Waals surface area contributed by atoms with Gasteiger partial charge in [0.1, 0.15) is 6.54 Å². The van der Waals surface area contributed by atoms with Gasteiger partial charge in [-0.3, -0.25) is 14.6 Å². The van der Waals surface area contributed by atoms with E-state index in [1.807, 2.05) is 0 Å². The zero-order valence-corrected chi connectivity index (χ0v) is 12.3. The molecule has 0 aliphatic rings. The standard InChI is InChI=1S/C16H14F2N2O3/c1-23-15(21)10-20(16(22)12-3-2-6-19-8-12)9-11-4-5-13(17)14(18)7-11/h2-8H,9-10H2,1H3. The van der Waals surface area contributed by atoms with Crippen LogP contribution < -0.4 is 0 Å². The molecule has 7 heteroatoms. The number of nitrogens with zero attached hydrogens (tertiary/aromatic N) is 2. The molecule has 0 radical (unpaired) electrons. The van der Waals surface area contributed by atoms with Crippen molar-refractivity contribution in [2.45, 2.75) is 6.54 Å². The van der Waals surface area contributed by atoms with E-state index in [9.17, 15) is 18.4 Å². The van der Waals surface area contributed by atoms with Gasteiger partial charge in [0.25, 0.3) is 5.91 Å². The van der Waals surface area contributed by atoms with Crippen LogP contribution >= 0.6 is 0 Å². The van der Waals surface area contributed by atoms with Crippen LogP contribution in [0.15, 0.2) is 42.7 Å². The van der Waals surface area contributed by atoms with Crippen LogP contribution in [0.5, 0.6) is 0 Å². The van der Waals surface area contributed by atoms with Crippen LogP contribution in [0.3, 0.4) is 0 Å². The maximum Gasteiger partial charge on any atom is 0.325 e. The summed E-state index contributed by atoms with van der Waals surface area (Å²) in [6, 6.07) is 6.43. The number of amides is 1. The number of halogens is 2. The maximum atomic E-state index is 13.3. The number of hydrogen-bond acceptors (Lipinski definition) is 4. The molecule has 23 heavy (non-hydrogen) atoms. The van der Waals surface area contributed by atoms with Crippen molar-refractivity contribution in [2.24, 2.45) is 0 Å². The number of carbonyl (C=O) groups is 2. The van der Waals surface area contributed by atoms with Crippen LogP contribution in [0.1, 0.15) is 15.9 Å². The minimum atomic E-state index is -1.02. The van der Waals surface area contributed by atoms with Gasteiger partial charge in [0, 0.05) is 18.9 Å². The molecule has 1 heterocycles. The van der Waals surface area contributed by atoms with E-state index in [4.69, 9.17) is 0 Å². The number of aromatic nitrogens is 1. The molecule has 1 aromatic heterocycles. The predicted molar refractivity (Wildman–Crippen MR) is 77.4 cm³/mol. The first-order valence-electron chi connectivity index (χ1n) is 6.71. The predicted octanol–water partition coefficient (Wildman–Crippen LogP) is 2.18. The highest BCUT2D eigenvalue weighted by Gasteiger charge is 2.20. The normalized spacial score (nSPS) is 10.2. The topological polar surface area (TPSA) is 59.5 Å². The second-order valence-corrected chi connectivity index (χ2v) is 4.73. The summed E-state index contributed by atoms with van der Waals surface area (Å²) in [7, 11) is 1.20. The van der Waals surface area contributed by atoms with Crippen molar-refractivity contribution < 1.29 is 23.1 Å². The Morgan fingerprint density at radius 3 is 2.61 bits per heavy atom. The van der Waals surface area contributed by atoms with Crippen LogP contribution in [-0.4, -0.2) is 35.4 Å². The quantitative estimate of drug-likeness (QED) is 0.792. The summed E-state index contributed by atoms with van der Waals surface area (Å²) >= 11 is 0. The summed E-state index contributed by atoms with van der Waals surface area (Å²) in [5, 5.41) is 0. The number of esters is 1. The molecule has 1 aromatic carbocycles. The van der Waals surface area contributed by atoms with E-state index in [1.54, 1.807) is 12.1 Å².